The molecule has 0 fully saturated rings. The lowest BCUT2D eigenvalue weighted by molar-refractivity contribution is 0.305. The zero-order chi connectivity index (χ0) is 10.1. The van der Waals surface area contributed by atoms with Crippen LogP contribution in [0, 0.1) is 0 Å². The zero-order valence-electron chi connectivity index (χ0n) is 7.98. The predicted octanol–water partition coefficient (Wildman–Crippen LogP) is 0.257. The van der Waals surface area contributed by atoms with E-state index >= 15 is 0 Å². The maximum atomic E-state index is 5.36. The Labute approximate surface area is 82.3 Å². The van der Waals surface area contributed by atoms with Crippen molar-refractivity contribution < 1.29 is 0 Å². The van der Waals surface area contributed by atoms with E-state index in [0.29, 0.717) is 17.2 Å². The summed E-state index contributed by atoms with van der Waals surface area (Å²) in [6, 6.07) is 0. The van der Waals surface area contributed by atoms with Gasteiger partial charge in [0.05, 0.1) is 16.9 Å². The van der Waals surface area contributed by atoms with Gasteiger partial charge in [-0.25, -0.2) is 0 Å². The van der Waals surface area contributed by atoms with Gasteiger partial charge in [0.15, 0.2) is 5.82 Å². The molecule has 0 bridgehead atoms. The molecule has 0 saturated heterocycles. The van der Waals surface area contributed by atoms with Gasteiger partial charge in [-0.2, -0.15) is 4.80 Å². The zero-order valence-corrected chi connectivity index (χ0v) is 8.80. The maximum Gasteiger partial charge on any atom is 0.181 e. The van der Waals surface area contributed by atoms with Crippen molar-refractivity contribution in [2.45, 2.75) is 32.7 Å². The van der Waals surface area contributed by atoms with Crippen molar-refractivity contribution in [2.75, 3.05) is 0 Å². The minimum Gasteiger partial charge on any atom is -0.393 e. The van der Waals surface area contributed by atoms with Crippen molar-refractivity contribution in [3.8, 4) is 0 Å². The highest BCUT2D eigenvalue weighted by molar-refractivity contribution is 7.80. The molecule has 1 aromatic rings. The SMILES string of the molecule is CC(C)(C)n1nnc(CC(N)=S)n1. The Balaban J connectivity index is 2.81. The Morgan fingerprint density at radius 1 is 1.54 bits per heavy atom. The number of tetrazole rings is 1. The average Bonchev–Trinajstić information content (AvgIpc) is 2.32. The van der Waals surface area contributed by atoms with Crippen LogP contribution in [0.2, 0.25) is 0 Å². The molecule has 0 aliphatic rings. The molecule has 0 unspecified atom stereocenters. The van der Waals surface area contributed by atoms with Crippen molar-refractivity contribution in [1.29, 1.82) is 0 Å². The van der Waals surface area contributed by atoms with Gasteiger partial charge in [-0.15, -0.1) is 10.2 Å². The fraction of sp³-hybridized carbons (Fsp3) is 0.714. The van der Waals surface area contributed by atoms with Gasteiger partial charge in [0.25, 0.3) is 0 Å². The van der Waals surface area contributed by atoms with Crippen molar-refractivity contribution in [2.24, 2.45) is 5.73 Å². The molecule has 1 heterocycles. The Kier molecular flexibility index (Phi) is 2.60. The molecule has 1 rings (SSSR count). The van der Waals surface area contributed by atoms with E-state index in [0.717, 1.165) is 0 Å². The summed E-state index contributed by atoms with van der Waals surface area (Å²) in [5, 5.41) is 11.9. The summed E-state index contributed by atoms with van der Waals surface area (Å²) in [6.45, 7) is 6.00. The molecule has 2 N–H and O–H groups in total. The first-order valence-corrected chi connectivity index (χ1v) is 4.38. The highest BCUT2D eigenvalue weighted by atomic mass is 32.1. The van der Waals surface area contributed by atoms with Crippen LogP contribution in [0.3, 0.4) is 0 Å². The summed E-state index contributed by atoms with van der Waals surface area (Å²) >= 11 is 4.74. The van der Waals surface area contributed by atoms with Gasteiger partial charge in [-0.1, -0.05) is 12.2 Å². The third-order valence-electron chi connectivity index (χ3n) is 1.39. The number of hydrogen-bond acceptors (Lipinski definition) is 4. The quantitative estimate of drug-likeness (QED) is 0.692. The van der Waals surface area contributed by atoms with Crippen LogP contribution in [-0.4, -0.2) is 25.2 Å². The molecule has 13 heavy (non-hydrogen) atoms. The normalized spacial score (nSPS) is 11.6. The van der Waals surface area contributed by atoms with Crippen LogP contribution >= 0.6 is 12.2 Å². The van der Waals surface area contributed by atoms with Crippen LogP contribution in [0.25, 0.3) is 0 Å². The van der Waals surface area contributed by atoms with Crippen LogP contribution in [0.4, 0.5) is 0 Å². The van der Waals surface area contributed by atoms with E-state index in [9.17, 15) is 0 Å². The van der Waals surface area contributed by atoms with Crippen LogP contribution in [-0.2, 0) is 12.0 Å². The van der Waals surface area contributed by atoms with Gasteiger partial charge in [-0.05, 0) is 26.0 Å². The number of nitrogens with zero attached hydrogens (tertiary/aromatic N) is 4. The van der Waals surface area contributed by atoms with Crippen LogP contribution in [0.1, 0.15) is 26.6 Å². The van der Waals surface area contributed by atoms with Crippen molar-refractivity contribution in [3.63, 3.8) is 0 Å². The van der Waals surface area contributed by atoms with E-state index in [1.54, 1.807) is 4.80 Å². The number of nitrogens with two attached hydrogens (primary N) is 1. The van der Waals surface area contributed by atoms with Crippen LogP contribution < -0.4 is 5.73 Å². The minimum absolute atomic E-state index is 0.151. The number of hydrogen-bond donors (Lipinski definition) is 1. The lowest BCUT2D eigenvalue weighted by atomic mass is 10.1. The first-order valence-electron chi connectivity index (χ1n) is 3.97. The largest absolute Gasteiger partial charge is 0.393 e. The molecule has 0 radical (unpaired) electrons. The van der Waals surface area contributed by atoms with E-state index in [1.165, 1.54) is 0 Å². The Morgan fingerprint density at radius 2 is 2.15 bits per heavy atom. The molecular weight excluding hydrogens is 186 g/mol. The summed E-state index contributed by atoms with van der Waals surface area (Å²) in [4.78, 5) is 1.94. The number of rotatable bonds is 2. The smallest absolute Gasteiger partial charge is 0.181 e. The Morgan fingerprint density at radius 3 is 2.54 bits per heavy atom. The highest BCUT2D eigenvalue weighted by Gasteiger charge is 2.16. The molecule has 6 heteroatoms. The van der Waals surface area contributed by atoms with Crippen molar-refractivity contribution >= 4 is 17.2 Å². The van der Waals surface area contributed by atoms with Crippen LogP contribution in [0.5, 0.6) is 0 Å². The third-order valence-corrected chi connectivity index (χ3v) is 1.53. The molecular formula is C7H13N5S. The summed E-state index contributed by atoms with van der Waals surface area (Å²) in [7, 11) is 0. The van der Waals surface area contributed by atoms with E-state index in [4.69, 9.17) is 18.0 Å². The van der Waals surface area contributed by atoms with Gasteiger partial charge in [0.2, 0.25) is 0 Å². The molecule has 1 aromatic heterocycles. The molecule has 0 atom stereocenters. The van der Waals surface area contributed by atoms with E-state index in [-0.39, 0.29) is 5.54 Å². The lowest BCUT2D eigenvalue weighted by Crippen LogP contribution is -2.25. The Bertz CT molecular complexity index is 311. The lowest BCUT2D eigenvalue weighted by Gasteiger charge is -2.15. The predicted molar refractivity (Wildman–Crippen MR) is 53.3 cm³/mol. The van der Waals surface area contributed by atoms with Gasteiger partial charge in [-0.3, -0.25) is 0 Å². The fourth-order valence-corrected chi connectivity index (χ4v) is 0.883. The van der Waals surface area contributed by atoms with Crippen LogP contribution in [0.15, 0.2) is 0 Å². The van der Waals surface area contributed by atoms with Gasteiger partial charge in [0.1, 0.15) is 0 Å². The summed E-state index contributed by atoms with van der Waals surface area (Å²) < 4.78 is 0. The topological polar surface area (TPSA) is 69.6 Å². The highest BCUT2D eigenvalue weighted by Crippen LogP contribution is 2.08. The monoisotopic (exact) mass is 199 g/mol. The van der Waals surface area contributed by atoms with E-state index < -0.39 is 0 Å². The van der Waals surface area contributed by atoms with Gasteiger partial charge >= 0.3 is 0 Å². The van der Waals surface area contributed by atoms with E-state index in [1.807, 2.05) is 20.8 Å². The molecule has 0 spiro atoms. The molecule has 0 aliphatic heterocycles. The van der Waals surface area contributed by atoms with Gasteiger partial charge in [0, 0.05) is 0 Å². The molecule has 0 aliphatic carbocycles. The maximum absolute atomic E-state index is 5.36. The second-order valence-electron chi connectivity index (χ2n) is 3.81. The number of thiocarbonyl (C=S) groups is 1. The Hall–Kier alpha value is -1.04. The summed E-state index contributed by atoms with van der Waals surface area (Å²) in [5.41, 5.74) is 5.21. The summed E-state index contributed by atoms with van der Waals surface area (Å²) in [5.74, 6) is 0.572. The van der Waals surface area contributed by atoms with E-state index in [2.05, 4.69) is 15.4 Å². The standard InChI is InChI=1S/C7H13N5S/c1-7(2,3)12-10-6(9-11-12)4-5(8)13/h4H2,1-3H3,(H2,8,13). The third kappa shape index (κ3) is 2.73. The molecule has 0 saturated carbocycles. The first-order chi connectivity index (χ1) is 5.89. The van der Waals surface area contributed by atoms with Crippen molar-refractivity contribution in [1.82, 2.24) is 20.2 Å². The molecule has 5 nitrogen and oxygen atoms in total. The summed E-state index contributed by atoms with van der Waals surface area (Å²) in [6.07, 6.45) is 0.408. The fourth-order valence-electron chi connectivity index (χ4n) is 0.754. The van der Waals surface area contributed by atoms with Gasteiger partial charge < -0.3 is 5.73 Å². The molecule has 0 amide bonds. The number of aromatic nitrogens is 4. The minimum atomic E-state index is -0.151. The molecule has 72 valence electrons. The second kappa shape index (κ2) is 3.37. The second-order valence-corrected chi connectivity index (χ2v) is 4.33. The average molecular weight is 199 g/mol. The first kappa shape index (κ1) is 10.0. The van der Waals surface area contributed by atoms with Crippen molar-refractivity contribution in [3.05, 3.63) is 5.82 Å². The molecule has 0 aromatic carbocycles.